The molecule has 0 bridgehead atoms. The number of hydrogen-bond donors (Lipinski definition) is 0. The minimum absolute atomic E-state index is 0.0922. The number of thioether (sulfide) groups is 1. The van der Waals surface area contributed by atoms with Crippen molar-refractivity contribution in [2.75, 3.05) is 4.90 Å². The average Bonchev–Trinajstić information content (AvgIpc) is 3.06. The summed E-state index contributed by atoms with van der Waals surface area (Å²) in [7, 11) is 0. The topological polar surface area (TPSA) is 29.5 Å². The highest BCUT2D eigenvalue weighted by molar-refractivity contribution is 14.1. The van der Waals surface area contributed by atoms with E-state index in [9.17, 15) is 18.0 Å². The second kappa shape index (κ2) is 10.5. The van der Waals surface area contributed by atoms with Gasteiger partial charge in [0.25, 0.3) is 5.91 Å². The molecule has 4 rings (SSSR count). The van der Waals surface area contributed by atoms with E-state index in [1.807, 2.05) is 42.5 Å². The van der Waals surface area contributed by atoms with E-state index < -0.39 is 17.6 Å². The molecule has 0 atom stereocenters. The van der Waals surface area contributed by atoms with E-state index in [0.29, 0.717) is 11.5 Å². The van der Waals surface area contributed by atoms with Crippen LogP contribution in [0.2, 0.25) is 0 Å². The fourth-order valence-electron chi connectivity index (χ4n) is 3.19. The van der Waals surface area contributed by atoms with E-state index in [4.69, 9.17) is 17.0 Å². The van der Waals surface area contributed by atoms with Gasteiger partial charge in [-0.15, -0.1) is 0 Å². The second-order valence-electron chi connectivity index (χ2n) is 7.15. The molecule has 3 aromatic carbocycles. The highest BCUT2D eigenvalue weighted by atomic mass is 127. The van der Waals surface area contributed by atoms with Crippen LogP contribution in [0, 0.1) is 7.14 Å². The first-order valence-corrected chi connectivity index (χ1v) is 13.1. The lowest BCUT2D eigenvalue weighted by Gasteiger charge is -2.16. The Labute approximate surface area is 231 Å². The van der Waals surface area contributed by atoms with E-state index in [2.05, 4.69) is 45.2 Å². The van der Waals surface area contributed by atoms with Gasteiger partial charge >= 0.3 is 6.18 Å². The Morgan fingerprint density at radius 1 is 1.00 bits per heavy atom. The van der Waals surface area contributed by atoms with Crippen molar-refractivity contribution in [1.29, 1.82) is 0 Å². The number of nitrogens with zero attached hydrogens (tertiary/aromatic N) is 1. The predicted octanol–water partition coefficient (Wildman–Crippen LogP) is 7.90. The number of ether oxygens (including phenoxy) is 1. The van der Waals surface area contributed by atoms with Gasteiger partial charge in [-0.25, -0.2) is 0 Å². The SMILES string of the molecule is O=C1/C(=C/c2cc(I)c(OCc3ccccc3)c(I)c2)SC(=S)N1c1cccc(C(F)(F)F)c1. The van der Waals surface area contributed by atoms with Crippen molar-refractivity contribution in [2.24, 2.45) is 0 Å². The summed E-state index contributed by atoms with van der Waals surface area (Å²) in [5.74, 6) is 0.294. The Morgan fingerprint density at radius 2 is 1.68 bits per heavy atom. The van der Waals surface area contributed by atoms with Gasteiger partial charge in [0.1, 0.15) is 12.4 Å². The molecule has 0 N–H and O–H groups in total. The van der Waals surface area contributed by atoms with Gasteiger partial charge < -0.3 is 4.74 Å². The van der Waals surface area contributed by atoms with Crippen LogP contribution in [0.15, 0.2) is 71.6 Å². The van der Waals surface area contributed by atoms with Gasteiger partial charge in [0, 0.05) is 0 Å². The lowest BCUT2D eigenvalue weighted by molar-refractivity contribution is -0.137. The summed E-state index contributed by atoms with van der Waals surface area (Å²) >= 11 is 10.7. The zero-order valence-corrected chi connectivity index (χ0v) is 23.1. The van der Waals surface area contributed by atoms with Crippen molar-refractivity contribution in [1.82, 2.24) is 0 Å². The third-order valence-corrected chi connectivity index (χ3v) is 7.67. The lowest BCUT2D eigenvalue weighted by Crippen LogP contribution is -2.27. The number of amides is 1. The van der Waals surface area contributed by atoms with Crippen molar-refractivity contribution in [3.05, 3.63) is 95.5 Å². The van der Waals surface area contributed by atoms with Gasteiger partial charge in [0.2, 0.25) is 0 Å². The lowest BCUT2D eigenvalue weighted by atomic mass is 10.1. The van der Waals surface area contributed by atoms with Crippen molar-refractivity contribution in [3.63, 3.8) is 0 Å². The van der Waals surface area contributed by atoms with Crippen LogP contribution in [0.5, 0.6) is 5.75 Å². The number of anilines is 1. The predicted molar refractivity (Wildman–Crippen MR) is 150 cm³/mol. The molecule has 1 fully saturated rings. The maximum atomic E-state index is 13.1. The molecule has 1 aliphatic rings. The Kier molecular flexibility index (Phi) is 7.89. The third kappa shape index (κ3) is 5.77. The Bertz CT molecular complexity index is 1270. The van der Waals surface area contributed by atoms with Gasteiger partial charge in [-0.2, -0.15) is 13.2 Å². The monoisotopic (exact) mass is 723 g/mol. The van der Waals surface area contributed by atoms with Crippen LogP contribution in [-0.4, -0.2) is 10.2 Å². The van der Waals surface area contributed by atoms with Crippen LogP contribution in [0.3, 0.4) is 0 Å². The number of carbonyl (C=O) groups excluding carboxylic acids is 1. The highest BCUT2D eigenvalue weighted by Gasteiger charge is 2.36. The Balaban J connectivity index is 1.56. The van der Waals surface area contributed by atoms with Crippen LogP contribution in [0.4, 0.5) is 18.9 Å². The zero-order chi connectivity index (χ0) is 24.5. The van der Waals surface area contributed by atoms with Gasteiger partial charge in [0.15, 0.2) is 4.32 Å². The number of hydrogen-bond acceptors (Lipinski definition) is 4. The molecule has 174 valence electrons. The number of carbonyl (C=O) groups is 1. The van der Waals surface area contributed by atoms with E-state index in [-0.39, 0.29) is 10.0 Å². The quantitative estimate of drug-likeness (QED) is 0.152. The maximum absolute atomic E-state index is 13.1. The fraction of sp³-hybridized carbons (Fsp3) is 0.0833. The summed E-state index contributed by atoms with van der Waals surface area (Å²) in [6.07, 6.45) is -2.82. The van der Waals surface area contributed by atoms with Gasteiger partial charge in [-0.05, 0) is 92.7 Å². The molecule has 0 aromatic heterocycles. The second-order valence-corrected chi connectivity index (χ2v) is 11.2. The number of halogens is 5. The third-order valence-electron chi connectivity index (χ3n) is 4.77. The fourth-order valence-corrected chi connectivity index (χ4v) is 6.62. The average molecular weight is 723 g/mol. The number of alkyl halides is 3. The first-order valence-electron chi connectivity index (χ1n) is 9.74. The zero-order valence-electron chi connectivity index (χ0n) is 17.1. The smallest absolute Gasteiger partial charge is 0.416 e. The van der Waals surface area contributed by atoms with Crippen molar-refractivity contribution in [3.8, 4) is 5.75 Å². The molecule has 3 aromatic rings. The Morgan fingerprint density at radius 3 is 2.32 bits per heavy atom. The van der Waals surface area contributed by atoms with Crippen LogP contribution >= 0.6 is 69.2 Å². The molecule has 3 nitrogen and oxygen atoms in total. The number of benzene rings is 3. The minimum Gasteiger partial charge on any atom is -0.487 e. The van der Waals surface area contributed by atoms with E-state index in [1.165, 1.54) is 12.1 Å². The molecule has 1 aliphatic heterocycles. The highest BCUT2D eigenvalue weighted by Crippen LogP contribution is 2.39. The molecule has 1 saturated heterocycles. The summed E-state index contributed by atoms with van der Waals surface area (Å²) in [5, 5.41) is 0. The summed E-state index contributed by atoms with van der Waals surface area (Å²) in [6, 6.07) is 18.2. The molecule has 1 amide bonds. The summed E-state index contributed by atoms with van der Waals surface area (Å²) < 4.78 is 47.3. The first-order chi connectivity index (χ1) is 16.1. The van der Waals surface area contributed by atoms with E-state index in [0.717, 1.165) is 52.8 Å². The maximum Gasteiger partial charge on any atom is 0.416 e. The summed E-state index contributed by atoms with van der Waals surface area (Å²) in [6.45, 7) is 0.432. The molecule has 0 aliphatic carbocycles. The largest absolute Gasteiger partial charge is 0.487 e. The molecule has 10 heteroatoms. The molecular formula is C24H14F3I2NO2S2. The standard InChI is InChI=1S/C24H14F3I2NO2S2/c25-24(26,27)16-7-4-8-17(12-16)30-22(31)20(34-23(30)33)11-15-9-18(28)21(19(29)10-15)32-13-14-5-2-1-3-6-14/h1-12H,13H2/b20-11-. The van der Waals surface area contributed by atoms with Gasteiger partial charge in [-0.3, -0.25) is 9.69 Å². The molecule has 0 radical (unpaired) electrons. The van der Waals surface area contributed by atoms with Gasteiger partial charge in [-0.1, -0.05) is 60.4 Å². The molecule has 1 heterocycles. The molecule has 0 saturated carbocycles. The van der Waals surface area contributed by atoms with Crippen LogP contribution in [0.1, 0.15) is 16.7 Å². The number of rotatable bonds is 5. The molecular weight excluding hydrogens is 709 g/mol. The molecule has 0 spiro atoms. The van der Waals surface area contributed by atoms with Crippen LogP contribution in [0.25, 0.3) is 6.08 Å². The van der Waals surface area contributed by atoms with Crippen molar-refractivity contribution >= 4 is 91.2 Å². The minimum atomic E-state index is -4.51. The Hall–Kier alpha value is -1.64. The van der Waals surface area contributed by atoms with Crippen molar-refractivity contribution < 1.29 is 22.7 Å². The normalized spacial score (nSPS) is 15.3. The summed E-state index contributed by atoms with van der Waals surface area (Å²) in [5.41, 5.74) is 1.08. The van der Waals surface area contributed by atoms with Crippen LogP contribution < -0.4 is 9.64 Å². The van der Waals surface area contributed by atoms with E-state index >= 15 is 0 Å². The van der Waals surface area contributed by atoms with Crippen LogP contribution in [-0.2, 0) is 17.6 Å². The molecule has 34 heavy (non-hydrogen) atoms. The summed E-state index contributed by atoms with van der Waals surface area (Å²) in [4.78, 5) is 14.5. The van der Waals surface area contributed by atoms with E-state index in [1.54, 1.807) is 6.08 Å². The van der Waals surface area contributed by atoms with Crippen molar-refractivity contribution in [2.45, 2.75) is 12.8 Å². The van der Waals surface area contributed by atoms with Gasteiger partial charge in [0.05, 0.1) is 23.3 Å². The number of thiocarbonyl (C=S) groups is 1. The first kappa shape index (κ1) is 25.5. The molecule has 0 unspecified atom stereocenters.